The van der Waals surface area contributed by atoms with Crippen molar-refractivity contribution in [3.8, 4) is 5.75 Å². The van der Waals surface area contributed by atoms with E-state index in [1.54, 1.807) is 0 Å². The van der Waals surface area contributed by atoms with E-state index >= 15 is 0 Å². The molecular weight excluding hydrogens is 466 g/mol. The van der Waals surface area contributed by atoms with E-state index in [9.17, 15) is 4.79 Å². The van der Waals surface area contributed by atoms with Crippen LogP contribution in [0.3, 0.4) is 0 Å². The first-order chi connectivity index (χ1) is 17.7. The highest BCUT2D eigenvalue weighted by Crippen LogP contribution is 2.45. The van der Waals surface area contributed by atoms with E-state index in [4.69, 9.17) is 4.74 Å². The summed E-state index contributed by atoms with van der Waals surface area (Å²) in [6.45, 7) is 8.90. The molecule has 1 atom stereocenters. The fraction of sp³-hybridized carbons (Fsp3) is 0.367. The van der Waals surface area contributed by atoms with Crippen LogP contribution in [0.15, 0.2) is 83.8 Å². The van der Waals surface area contributed by atoms with Gasteiger partial charge in [0.05, 0.1) is 5.69 Å². The molecule has 4 rings (SSSR count). The van der Waals surface area contributed by atoms with Gasteiger partial charge in [-0.3, -0.25) is 4.79 Å². The van der Waals surface area contributed by atoms with Crippen molar-refractivity contribution in [3.63, 3.8) is 0 Å². The van der Waals surface area contributed by atoms with E-state index in [1.165, 1.54) is 16.1 Å². The zero-order valence-electron chi connectivity index (χ0n) is 21.4. The first-order valence-electron chi connectivity index (χ1n) is 13.0. The van der Waals surface area contributed by atoms with E-state index in [0.29, 0.717) is 31.4 Å². The maximum Gasteiger partial charge on any atom is 0.228 e. The number of nitrogens with zero attached hydrogens (tertiary/aromatic N) is 2. The minimum atomic E-state index is 0.164. The lowest BCUT2D eigenvalue weighted by Crippen LogP contribution is -2.34. The number of nitrogens with one attached hydrogen (secondary N) is 1. The molecule has 0 saturated carbocycles. The Morgan fingerprint density at radius 2 is 1.78 bits per heavy atom. The average Bonchev–Trinajstić information content (AvgIpc) is 3.12. The lowest BCUT2D eigenvalue weighted by Gasteiger charge is -2.23. The predicted molar refractivity (Wildman–Crippen MR) is 151 cm³/mol. The minimum absolute atomic E-state index is 0.164. The lowest BCUT2D eigenvalue weighted by molar-refractivity contribution is -0.118. The summed E-state index contributed by atoms with van der Waals surface area (Å²) < 4.78 is 5.94. The molecule has 3 aromatic carbocycles. The molecule has 0 saturated heterocycles. The van der Waals surface area contributed by atoms with Crippen molar-refractivity contribution in [1.82, 2.24) is 5.32 Å². The van der Waals surface area contributed by atoms with Crippen molar-refractivity contribution >= 4 is 29.0 Å². The summed E-state index contributed by atoms with van der Waals surface area (Å²) in [6.07, 6.45) is 1.40. The molecular formula is C30H37N3O2S. The van der Waals surface area contributed by atoms with Gasteiger partial charge in [0.15, 0.2) is 0 Å². The summed E-state index contributed by atoms with van der Waals surface area (Å²) in [5.74, 6) is 1.04. The lowest BCUT2D eigenvalue weighted by atomic mass is 10.1. The molecule has 1 unspecified atom stereocenters. The van der Waals surface area contributed by atoms with Gasteiger partial charge in [0, 0.05) is 61.0 Å². The van der Waals surface area contributed by atoms with Gasteiger partial charge in [-0.05, 0) is 50.1 Å². The Morgan fingerprint density at radius 3 is 2.58 bits per heavy atom. The number of amides is 1. The van der Waals surface area contributed by atoms with Crippen molar-refractivity contribution in [2.24, 2.45) is 0 Å². The van der Waals surface area contributed by atoms with Gasteiger partial charge in [0.25, 0.3) is 0 Å². The van der Waals surface area contributed by atoms with Gasteiger partial charge in [0.1, 0.15) is 12.4 Å². The molecule has 1 aliphatic rings. The molecule has 190 valence electrons. The van der Waals surface area contributed by atoms with E-state index in [1.807, 2.05) is 34.9 Å². The van der Waals surface area contributed by atoms with Crippen LogP contribution in [-0.4, -0.2) is 45.2 Å². The molecule has 0 aromatic heterocycles. The first kappa shape index (κ1) is 26.1. The topological polar surface area (TPSA) is 44.8 Å². The van der Waals surface area contributed by atoms with Crippen molar-refractivity contribution in [2.75, 3.05) is 49.1 Å². The van der Waals surface area contributed by atoms with Crippen LogP contribution in [-0.2, 0) is 4.79 Å². The number of thioether (sulfide) groups is 1. The number of hydrogen-bond donors (Lipinski definition) is 1. The highest BCUT2D eigenvalue weighted by molar-refractivity contribution is 7.99. The standard InChI is InChI=1S/C30H37N3O2S/c1-3-32(4-2)25-13-10-14-26(23-25)35-22-20-31-19-17-30(34)33-21-18-28(24-11-6-5-7-12-24)36-29-16-9-8-15-27(29)33/h5-16,23,28,31H,3-4,17-22H2,1-2H3. The molecule has 1 aliphatic heterocycles. The van der Waals surface area contributed by atoms with Crippen LogP contribution in [0.5, 0.6) is 5.75 Å². The molecule has 0 spiro atoms. The van der Waals surface area contributed by atoms with Crippen LogP contribution in [0.2, 0.25) is 0 Å². The van der Waals surface area contributed by atoms with Gasteiger partial charge in [0.2, 0.25) is 5.91 Å². The molecule has 5 nitrogen and oxygen atoms in total. The van der Waals surface area contributed by atoms with Gasteiger partial charge in [-0.15, -0.1) is 11.8 Å². The van der Waals surface area contributed by atoms with Gasteiger partial charge < -0.3 is 19.9 Å². The summed E-state index contributed by atoms with van der Waals surface area (Å²) in [5.41, 5.74) is 3.53. The zero-order valence-corrected chi connectivity index (χ0v) is 22.2. The molecule has 1 N–H and O–H groups in total. The Hall–Kier alpha value is -2.96. The molecule has 0 fully saturated rings. The normalized spacial score (nSPS) is 15.2. The number of carbonyl (C=O) groups excluding carboxylic acids is 1. The predicted octanol–water partition coefficient (Wildman–Crippen LogP) is 6.16. The van der Waals surface area contributed by atoms with Gasteiger partial charge in [-0.25, -0.2) is 0 Å². The minimum Gasteiger partial charge on any atom is -0.492 e. The van der Waals surface area contributed by atoms with Crippen molar-refractivity contribution < 1.29 is 9.53 Å². The smallest absolute Gasteiger partial charge is 0.228 e. The fourth-order valence-corrected chi connectivity index (χ4v) is 5.85. The van der Waals surface area contributed by atoms with E-state index in [0.717, 1.165) is 37.5 Å². The van der Waals surface area contributed by atoms with Crippen molar-refractivity contribution in [3.05, 3.63) is 84.4 Å². The third-order valence-electron chi connectivity index (χ3n) is 6.52. The Morgan fingerprint density at radius 1 is 1.00 bits per heavy atom. The second-order valence-electron chi connectivity index (χ2n) is 8.84. The van der Waals surface area contributed by atoms with Gasteiger partial charge in [-0.2, -0.15) is 0 Å². The number of benzene rings is 3. The second-order valence-corrected chi connectivity index (χ2v) is 10.1. The number of anilines is 2. The molecule has 0 radical (unpaired) electrons. The Balaban J connectivity index is 1.25. The van der Waals surface area contributed by atoms with Crippen LogP contribution >= 0.6 is 11.8 Å². The quantitative estimate of drug-likeness (QED) is 0.318. The molecule has 1 heterocycles. The van der Waals surface area contributed by atoms with Crippen LogP contribution in [0.25, 0.3) is 0 Å². The van der Waals surface area contributed by atoms with Crippen molar-refractivity contribution in [1.29, 1.82) is 0 Å². The number of fused-ring (bicyclic) bond motifs is 1. The Labute approximate surface area is 219 Å². The monoisotopic (exact) mass is 503 g/mol. The summed E-state index contributed by atoms with van der Waals surface area (Å²) in [4.78, 5) is 18.7. The van der Waals surface area contributed by atoms with E-state index < -0.39 is 0 Å². The molecule has 36 heavy (non-hydrogen) atoms. The van der Waals surface area contributed by atoms with Crippen LogP contribution in [0.4, 0.5) is 11.4 Å². The van der Waals surface area contributed by atoms with Crippen molar-refractivity contribution in [2.45, 2.75) is 36.8 Å². The summed E-state index contributed by atoms with van der Waals surface area (Å²) in [6, 6.07) is 27.1. The summed E-state index contributed by atoms with van der Waals surface area (Å²) >= 11 is 1.86. The number of hydrogen-bond acceptors (Lipinski definition) is 5. The molecule has 3 aromatic rings. The number of rotatable bonds is 11. The van der Waals surface area contributed by atoms with Crippen LogP contribution < -0.4 is 19.9 Å². The highest BCUT2D eigenvalue weighted by atomic mass is 32.2. The third kappa shape index (κ3) is 6.83. The van der Waals surface area contributed by atoms with Gasteiger partial charge in [-0.1, -0.05) is 48.5 Å². The summed E-state index contributed by atoms with van der Waals surface area (Å²) in [7, 11) is 0. The second kappa shape index (κ2) is 13.4. The SMILES string of the molecule is CCN(CC)c1cccc(OCCNCCC(=O)N2CCC(c3ccccc3)Sc3ccccc32)c1. The first-order valence-corrected chi connectivity index (χ1v) is 13.9. The van der Waals surface area contributed by atoms with E-state index in [2.05, 4.69) is 84.7 Å². The molecule has 0 aliphatic carbocycles. The van der Waals surface area contributed by atoms with Crippen LogP contribution in [0, 0.1) is 0 Å². The fourth-order valence-electron chi connectivity index (χ4n) is 4.58. The Bertz CT molecular complexity index is 1100. The maximum atomic E-state index is 13.2. The average molecular weight is 504 g/mol. The Kier molecular flexibility index (Phi) is 9.70. The molecule has 6 heteroatoms. The highest BCUT2D eigenvalue weighted by Gasteiger charge is 2.26. The molecule has 0 bridgehead atoms. The molecule has 1 amide bonds. The summed E-state index contributed by atoms with van der Waals surface area (Å²) in [5, 5.41) is 3.72. The third-order valence-corrected chi connectivity index (χ3v) is 7.91. The largest absolute Gasteiger partial charge is 0.492 e. The van der Waals surface area contributed by atoms with Gasteiger partial charge >= 0.3 is 0 Å². The maximum absolute atomic E-state index is 13.2. The number of ether oxygens (including phenoxy) is 1. The number of para-hydroxylation sites is 1. The van der Waals surface area contributed by atoms with E-state index in [-0.39, 0.29) is 5.91 Å². The number of carbonyl (C=O) groups is 1. The van der Waals surface area contributed by atoms with Crippen LogP contribution in [0.1, 0.15) is 37.5 Å². The zero-order chi connectivity index (χ0) is 25.2.